The number of nitrogens with zero attached hydrogens (tertiary/aromatic N) is 3. The van der Waals surface area contributed by atoms with Crippen molar-refractivity contribution in [2.45, 2.75) is 25.8 Å². The summed E-state index contributed by atoms with van der Waals surface area (Å²) < 4.78 is 0. The number of hydrogen-bond acceptors (Lipinski definition) is 4. The van der Waals surface area contributed by atoms with Gasteiger partial charge in [0.05, 0.1) is 6.04 Å². The number of carbonyl (C=O) groups is 1. The second-order valence-electron chi connectivity index (χ2n) is 7.56. The largest absolute Gasteiger partial charge is 0.374 e. The van der Waals surface area contributed by atoms with E-state index in [1.165, 1.54) is 11.1 Å². The van der Waals surface area contributed by atoms with Gasteiger partial charge in [0.2, 0.25) is 0 Å². The zero-order valence-electron chi connectivity index (χ0n) is 17.6. The molecular weight excluding hydrogens is 372 g/mol. The smallest absolute Gasteiger partial charge is 0.263 e. The number of carbonyl (C=O) groups excluding carboxylic acids is 1. The van der Waals surface area contributed by atoms with Gasteiger partial charge in [0.15, 0.2) is 0 Å². The van der Waals surface area contributed by atoms with E-state index in [2.05, 4.69) is 76.6 Å². The van der Waals surface area contributed by atoms with Crippen LogP contribution in [0, 0.1) is 11.3 Å². The van der Waals surface area contributed by atoms with E-state index in [-0.39, 0.29) is 17.5 Å². The zero-order valence-corrected chi connectivity index (χ0v) is 17.6. The molecule has 0 unspecified atom stereocenters. The summed E-state index contributed by atoms with van der Waals surface area (Å²) in [5, 5.41) is 12.2. The van der Waals surface area contributed by atoms with E-state index >= 15 is 0 Å². The fourth-order valence-corrected chi connectivity index (χ4v) is 3.80. The zero-order chi connectivity index (χ0) is 21.2. The molecule has 0 saturated carbocycles. The quantitative estimate of drug-likeness (QED) is 0.415. The molecule has 30 heavy (non-hydrogen) atoms. The molecule has 0 aliphatic carbocycles. The van der Waals surface area contributed by atoms with Crippen molar-refractivity contribution in [1.29, 1.82) is 5.26 Å². The van der Waals surface area contributed by atoms with E-state index in [0.717, 1.165) is 39.0 Å². The standard InChI is InChI=1S/C25H30N4O/c1-2-3-14-27-25(30)23(19-26)20-28-15-17-29(18-16-28)24(21-10-6-4-7-11-21)22-12-8-5-9-13-22/h4-13,20,24H,2-3,14-18H2,1H3,(H,27,30)/b23-20-. The predicted molar refractivity (Wildman–Crippen MR) is 119 cm³/mol. The fraction of sp³-hybridized carbons (Fsp3) is 0.360. The molecule has 2 aromatic rings. The van der Waals surface area contributed by atoms with Crippen molar-refractivity contribution < 1.29 is 4.79 Å². The molecule has 1 amide bonds. The van der Waals surface area contributed by atoms with Crippen molar-refractivity contribution in [3.63, 3.8) is 0 Å². The summed E-state index contributed by atoms with van der Waals surface area (Å²) in [7, 11) is 0. The molecule has 156 valence electrons. The minimum atomic E-state index is -0.278. The maximum Gasteiger partial charge on any atom is 0.263 e. The summed E-state index contributed by atoms with van der Waals surface area (Å²) in [6.45, 7) is 5.97. The molecule has 5 nitrogen and oxygen atoms in total. The average Bonchev–Trinajstić information content (AvgIpc) is 2.80. The van der Waals surface area contributed by atoms with Crippen LogP contribution < -0.4 is 5.32 Å². The molecule has 0 atom stereocenters. The molecule has 0 spiro atoms. The summed E-state index contributed by atoms with van der Waals surface area (Å²) >= 11 is 0. The van der Waals surface area contributed by atoms with E-state index in [1.807, 2.05) is 12.1 Å². The molecule has 1 aliphatic heterocycles. The second kappa shape index (κ2) is 11.2. The van der Waals surface area contributed by atoms with Crippen molar-refractivity contribution in [3.05, 3.63) is 83.6 Å². The number of rotatable bonds is 8. The molecule has 5 heteroatoms. The maximum atomic E-state index is 12.2. The van der Waals surface area contributed by atoms with Gasteiger partial charge in [-0.3, -0.25) is 9.69 Å². The van der Waals surface area contributed by atoms with E-state index in [0.29, 0.717) is 6.54 Å². The van der Waals surface area contributed by atoms with Crippen molar-refractivity contribution in [3.8, 4) is 6.07 Å². The minimum absolute atomic E-state index is 0.183. The first-order valence-electron chi connectivity index (χ1n) is 10.7. The van der Waals surface area contributed by atoms with Gasteiger partial charge in [-0.2, -0.15) is 5.26 Å². The highest BCUT2D eigenvalue weighted by molar-refractivity contribution is 5.97. The van der Waals surface area contributed by atoms with E-state index in [1.54, 1.807) is 6.20 Å². The van der Waals surface area contributed by atoms with Crippen LogP contribution in [0.4, 0.5) is 0 Å². The molecule has 1 aliphatic rings. The van der Waals surface area contributed by atoms with Crippen LogP contribution in [0.15, 0.2) is 72.4 Å². The van der Waals surface area contributed by atoms with Gasteiger partial charge in [0.25, 0.3) is 5.91 Å². The van der Waals surface area contributed by atoms with Gasteiger partial charge in [0.1, 0.15) is 11.6 Å². The van der Waals surface area contributed by atoms with Gasteiger partial charge in [-0.15, -0.1) is 0 Å². The number of nitriles is 1. The monoisotopic (exact) mass is 402 g/mol. The Morgan fingerprint density at radius 3 is 2.10 bits per heavy atom. The van der Waals surface area contributed by atoms with Gasteiger partial charge in [-0.1, -0.05) is 74.0 Å². The minimum Gasteiger partial charge on any atom is -0.374 e. The van der Waals surface area contributed by atoms with Crippen LogP contribution >= 0.6 is 0 Å². The van der Waals surface area contributed by atoms with Gasteiger partial charge in [-0.05, 0) is 17.5 Å². The van der Waals surface area contributed by atoms with Gasteiger partial charge in [0, 0.05) is 38.9 Å². The summed E-state index contributed by atoms with van der Waals surface area (Å²) in [5.74, 6) is -0.278. The first-order valence-corrected chi connectivity index (χ1v) is 10.7. The Hall–Kier alpha value is -3.10. The van der Waals surface area contributed by atoms with Crippen LogP contribution in [0.2, 0.25) is 0 Å². The summed E-state index contributed by atoms with van der Waals surface area (Å²) in [6.07, 6.45) is 3.65. The molecule has 1 heterocycles. The topological polar surface area (TPSA) is 59.4 Å². The molecule has 0 bridgehead atoms. The van der Waals surface area contributed by atoms with Crippen LogP contribution in [-0.4, -0.2) is 48.4 Å². The predicted octanol–water partition coefficient (Wildman–Crippen LogP) is 3.72. The molecule has 1 saturated heterocycles. The van der Waals surface area contributed by atoms with Crippen molar-refractivity contribution in [1.82, 2.24) is 15.1 Å². The van der Waals surface area contributed by atoms with Gasteiger partial charge < -0.3 is 10.2 Å². The lowest BCUT2D eigenvalue weighted by Gasteiger charge is -2.39. The first-order chi connectivity index (χ1) is 14.7. The number of piperazine rings is 1. The Morgan fingerprint density at radius 1 is 1.03 bits per heavy atom. The average molecular weight is 403 g/mol. The van der Waals surface area contributed by atoms with Crippen molar-refractivity contribution >= 4 is 5.91 Å². The molecule has 0 radical (unpaired) electrons. The Bertz CT molecular complexity index is 826. The number of benzene rings is 2. The summed E-state index contributed by atoms with van der Waals surface area (Å²) in [5.41, 5.74) is 2.74. The van der Waals surface area contributed by atoms with Gasteiger partial charge >= 0.3 is 0 Å². The fourth-order valence-electron chi connectivity index (χ4n) is 3.80. The molecular formula is C25H30N4O. The molecule has 1 fully saturated rings. The van der Waals surface area contributed by atoms with Crippen LogP contribution in [-0.2, 0) is 4.79 Å². The highest BCUT2D eigenvalue weighted by Gasteiger charge is 2.26. The molecule has 0 aromatic heterocycles. The molecule has 2 aromatic carbocycles. The Balaban J connectivity index is 1.68. The maximum absolute atomic E-state index is 12.2. The van der Waals surface area contributed by atoms with Crippen molar-refractivity contribution in [2.75, 3.05) is 32.7 Å². The third-order valence-corrected chi connectivity index (χ3v) is 5.44. The van der Waals surface area contributed by atoms with Crippen LogP contribution in [0.3, 0.4) is 0 Å². The van der Waals surface area contributed by atoms with E-state index in [4.69, 9.17) is 0 Å². The second-order valence-corrected chi connectivity index (χ2v) is 7.56. The Labute approximate surface area is 179 Å². The lowest BCUT2D eigenvalue weighted by Crippen LogP contribution is -2.46. The molecule has 3 rings (SSSR count). The van der Waals surface area contributed by atoms with Crippen LogP contribution in [0.1, 0.15) is 36.9 Å². The van der Waals surface area contributed by atoms with E-state index in [9.17, 15) is 10.1 Å². The number of nitrogens with one attached hydrogen (secondary N) is 1. The lowest BCUT2D eigenvalue weighted by molar-refractivity contribution is -0.117. The number of amides is 1. The lowest BCUT2D eigenvalue weighted by atomic mass is 9.96. The highest BCUT2D eigenvalue weighted by Crippen LogP contribution is 2.29. The summed E-state index contributed by atoms with van der Waals surface area (Å²) in [4.78, 5) is 16.8. The van der Waals surface area contributed by atoms with Crippen molar-refractivity contribution in [2.24, 2.45) is 0 Å². The Kier molecular flexibility index (Phi) is 8.05. The number of hydrogen-bond donors (Lipinski definition) is 1. The third-order valence-electron chi connectivity index (χ3n) is 5.44. The first kappa shape index (κ1) is 21.6. The summed E-state index contributed by atoms with van der Waals surface area (Å²) in [6, 6.07) is 23.4. The Morgan fingerprint density at radius 2 is 1.60 bits per heavy atom. The van der Waals surface area contributed by atoms with Crippen LogP contribution in [0.5, 0.6) is 0 Å². The highest BCUT2D eigenvalue weighted by atomic mass is 16.1. The van der Waals surface area contributed by atoms with E-state index < -0.39 is 0 Å². The normalized spacial score (nSPS) is 15.1. The molecule has 1 N–H and O–H groups in total. The number of unbranched alkanes of at least 4 members (excludes halogenated alkanes) is 1. The van der Waals surface area contributed by atoms with Gasteiger partial charge in [-0.25, -0.2) is 0 Å². The third kappa shape index (κ3) is 5.71. The SMILES string of the molecule is CCCCNC(=O)/C(C#N)=C\N1CCN(C(c2ccccc2)c2ccccc2)CC1. The van der Waals surface area contributed by atoms with Crippen LogP contribution in [0.25, 0.3) is 0 Å².